The molecule has 1 rings (SSSR count). The van der Waals surface area contributed by atoms with Crippen molar-refractivity contribution < 1.29 is 23.1 Å². The Bertz CT molecular complexity index is 513. The summed E-state index contributed by atoms with van der Waals surface area (Å²) in [5.41, 5.74) is -1.53. The number of halogens is 2. The SMILES string of the molecule is CCCC(C)(NC(=O)Cc1c(F)cccc1F)C(=O)OC. The largest absolute Gasteiger partial charge is 0.467 e. The van der Waals surface area contributed by atoms with Crippen LogP contribution < -0.4 is 5.32 Å². The second-order valence-electron chi connectivity index (χ2n) is 5.00. The smallest absolute Gasteiger partial charge is 0.331 e. The molecule has 0 heterocycles. The van der Waals surface area contributed by atoms with Crippen molar-refractivity contribution in [2.24, 2.45) is 0 Å². The van der Waals surface area contributed by atoms with Crippen LogP contribution in [0.3, 0.4) is 0 Å². The summed E-state index contributed by atoms with van der Waals surface area (Å²) in [5.74, 6) is -2.81. The summed E-state index contributed by atoms with van der Waals surface area (Å²) >= 11 is 0. The number of hydrogen-bond donors (Lipinski definition) is 1. The third kappa shape index (κ3) is 4.24. The van der Waals surface area contributed by atoms with Gasteiger partial charge >= 0.3 is 5.97 Å². The number of rotatable bonds is 6. The molecule has 0 aliphatic rings. The van der Waals surface area contributed by atoms with Gasteiger partial charge in [-0.1, -0.05) is 19.4 Å². The fourth-order valence-electron chi connectivity index (χ4n) is 2.15. The summed E-state index contributed by atoms with van der Waals surface area (Å²) in [6.07, 6.45) is 0.528. The van der Waals surface area contributed by atoms with Gasteiger partial charge in [-0.3, -0.25) is 4.79 Å². The van der Waals surface area contributed by atoms with E-state index in [-0.39, 0.29) is 5.56 Å². The minimum Gasteiger partial charge on any atom is -0.467 e. The predicted octanol–water partition coefficient (Wildman–Crippen LogP) is 2.36. The molecule has 21 heavy (non-hydrogen) atoms. The molecular weight excluding hydrogens is 280 g/mol. The molecule has 1 aromatic rings. The number of nitrogens with one attached hydrogen (secondary N) is 1. The second-order valence-corrected chi connectivity index (χ2v) is 5.00. The molecule has 0 radical (unpaired) electrons. The standard InChI is InChI=1S/C15H19F2NO3/c1-4-8-15(2,14(20)21-3)18-13(19)9-10-11(16)6-5-7-12(10)17/h5-7H,4,8-9H2,1-3H3,(H,18,19). The molecule has 0 saturated carbocycles. The first kappa shape index (κ1) is 17.1. The van der Waals surface area contributed by atoms with Crippen molar-refractivity contribution in [3.05, 3.63) is 35.4 Å². The molecule has 0 aliphatic carbocycles. The van der Waals surface area contributed by atoms with Gasteiger partial charge in [0.2, 0.25) is 5.91 Å². The van der Waals surface area contributed by atoms with Gasteiger partial charge in [0.1, 0.15) is 17.2 Å². The van der Waals surface area contributed by atoms with Crippen molar-refractivity contribution in [1.29, 1.82) is 0 Å². The summed E-state index contributed by atoms with van der Waals surface area (Å²) < 4.78 is 31.7. The highest BCUT2D eigenvalue weighted by atomic mass is 19.1. The van der Waals surface area contributed by atoms with E-state index >= 15 is 0 Å². The van der Waals surface area contributed by atoms with Crippen LogP contribution in [0.4, 0.5) is 8.78 Å². The lowest BCUT2D eigenvalue weighted by Gasteiger charge is -2.27. The number of amides is 1. The van der Waals surface area contributed by atoms with Crippen molar-refractivity contribution in [2.45, 2.75) is 38.6 Å². The molecule has 0 fully saturated rings. The molecule has 1 aromatic carbocycles. The van der Waals surface area contributed by atoms with Crippen LogP contribution in [0.1, 0.15) is 32.3 Å². The normalized spacial score (nSPS) is 13.4. The average molecular weight is 299 g/mol. The van der Waals surface area contributed by atoms with Gasteiger partial charge < -0.3 is 10.1 Å². The number of carbonyl (C=O) groups is 2. The number of benzene rings is 1. The van der Waals surface area contributed by atoms with Crippen molar-refractivity contribution in [1.82, 2.24) is 5.32 Å². The number of hydrogen-bond acceptors (Lipinski definition) is 3. The third-order valence-electron chi connectivity index (χ3n) is 3.20. The molecule has 116 valence electrons. The zero-order valence-corrected chi connectivity index (χ0v) is 12.3. The Balaban J connectivity index is 2.86. The van der Waals surface area contributed by atoms with E-state index in [1.807, 2.05) is 6.92 Å². The average Bonchev–Trinajstić information content (AvgIpc) is 2.42. The van der Waals surface area contributed by atoms with E-state index in [0.29, 0.717) is 12.8 Å². The summed E-state index contributed by atoms with van der Waals surface area (Å²) in [6, 6.07) is 3.39. The van der Waals surface area contributed by atoms with Crippen LogP contribution in [0.15, 0.2) is 18.2 Å². The third-order valence-corrected chi connectivity index (χ3v) is 3.20. The summed E-state index contributed by atoms with van der Waals surface area (Å²) in [4.78, 5) is 23.7. The van der Waals surface area contributed by atoms with Gasteiger partial charge in [0.05, 0.1) is 13.5 Å². The van der Waals surface area contributed by atoms with Gasteiger partial charge in [-0.2, -0.15) is 0 Å². The summed E-state index contributed by atoms with van der Waals surface area (Å²) in [7, 11) is 1.22. The van der Waals surface area contributed by atoms with Crippen LogP contribution in [0.25, 0.3) is 0 Å². The minimum absolute atomic E-state index is 0.321. The number of ether oxygens (including phenoxy) is 1. The molecule has 1 unspecified atom stereocenters. The van der Waals surface area contributed by atoms with Gasteiger partial charge in [0.15, 0.2) is 0 Å². The van der Waals surface area contributed by atoms with E-state index < -0.39 is 35.5 Å². The number of carbonyl (C=O) groups excluding carboxylic acids is 2. The molecule has 0 bridgehead atoms. The van der Waals surface area contributed by atoms with Gasteiger partial charge in [0, 0.05) is 5.56 Å². The van der Waals surface area contributed by atoms with Gasteiger partial charge in [-0.05, 0) is 25.5 Å². The summed E-state index contributed by atoms with van der Waals surface area (Å²) in [5, 5.41) is 2.50. The highest BCUT2D eigenvalue weighted by Gasteiger charge is 2.35. The van der Waals surface area contributed by atoms with Crippen LogP contribution >= 0.6 is 0 Å². The fraction of sp³-hybridized carbons (Fsp3) is 0.467. The quantitative estimate of drug-likeness (QED) is 0.820. The highest BCUT2D eigenvalue weighted by molar-refractivity contribution is 5.88. The van der Waals surface area contributed by atoms with Gasteiger partial charge in [-0.15, -0.1) is 0 Å². The molecule has 0 aliphatic heterocycles. The van der Waals surface area contributed by atoms with E-state index in [1.54, 1.807) is 0 Å². The van der Waals surface area contributed by atoms with Crippen LogP contribution in [0, 0.1) is 11.6 Å². The Labute approximate surface area is 122 Å². The molecule has 0 saturated heterocycles. The zero-order valence-electron chi connectivity index (χ0n) is 12.3. The number of esters is 1. The molecule has 4 nitrogen and oxygen atoms in total. The second kappa shape index (κ2) is 7.15. The Kier molecular flexibility index (Phi) is 5.81. The molecule has 0 aromatic heterocycles. The molecule has 1 amide bonds. The maximum Gasteiger partial charge on any atom is 0.331 e. The van der Waals surface area contributed by atoms with E-state index in [0.717, 1.165) is 12.1 Å². The van der Waals surface area contributed by atoms with Gasteiger partial charge in [0.25, 0.3) is 0 Å². The Morgan fingerprint density at radius 3 is 2.33 bits per heavy atom. The Morgan fingerprint density at radius 1 is 1.29 bits per heavy atom. The zero-order chi connectivity index (χ0) is 16.0. The van der Waals surface area contributed by atoms with Crippen molar-refractivity contribution >= 4 is 11.9 Å². The molecular formula is C15H19F2NO3. The Hall–Kier alpha value is -1.98. The van der Waals surface area contributed by atoms with E-state index in [9.17, 15) is 18.4 Å². The highest BCUT2D eigenvalue weighted by Crippen LogP contribution is 2.17. The first-order chi connectivity index (χ1) is 9.84. The van der Waals surface area contributed by atoms with E-state index in [4.69, 9.17) is 0 Å². The van der Waals surface area contributed by atoms with Crippen LogP contribution in [-0.4, -0.2) is 24.5 Å². The van der Waals surface area contributed by atoms with Crippen molar-refractivity contribution in [2.75, 3.05) is 7.11 Å². The van der Waals surface area contributed by atoms with Crippen molar-refractivity contribution in [3.8, 4) is 0 Å². The topological polar surface area (TPSA) is 55.4 Å². The predicted molar refractivity (Wildman–Crippen MR) is 73.5 cm³/mol. The van der Waals surface area contributed by atoms with Crippen LogP contribution in [-0.2, 0) is 20.7 Å². The molecule has 6 heteroatoms. The maximum absolute atomic E-state index is 13.5. The Morgan fingerprint density at radius 2 is 1.86 bits per heavy atom. The fourth-order valence-corrected chi connectivity index (χ4v) is 2.15. The monoisotopic (exact) mass is 299 g/mol. The number of methoxy groups -OCH3 is 1. The first-order valence-electron chi connectivity index (χ1n) is 6.66. The summed E-state index contributed by atoms with van der Waals surface area (Å²) in [6.45, 7) is 3.38. The van der Waals surface area contributed by atoms with Gasteiger partial charge in [-0.25, -0.2) is 13.6 Å². The first-order valence-corrected chi connectivity index (χ1v) is 6.66. The minimum atomic E-state index is -1.21. The lowest BCUT2D eigenvalue weighted by atomic mass is 9.95. The van der Waals surface area contributed by atoms with E-state index in [1.165, 1.54) is 20.1 Å². The molecule has 1 N–H and O–H groups in total. The van der Waals surface area contributed by atoms with E-state index in [2.05, 4.69) is 10.1 Å². The lowest BCUT2D eigenvalue weighted by Crippen LogP contribution is -2.53. The molecule has 0 spiro atoms. The van der Waals surface area contributed by atoms with Crippen LogP contribution in [0.2, 0.25) is 0 Å². The lowest BCUT2D eigenvalue weighted by molar-refractivity contribution is -0.150. The van der Waals surface area contributed by atoms with Crippen LogP contribution in [0.5, 0.6) is 0 Å². The molecule has 1 atom stereocenters. The maximum atomic E-state index is 13.5. The van der Waals surface area contributed by atoms with Crippen molar-refractivity contribution in [3.63, 3.8) is 0 Å².